The molecule has 0 bridgehead atoms. The minimum atomic E-state index is -0.207. The average molecular weight is 489 g/mol. The Bertz CT molecular complexity index is 1450. The topological polar surface area (TPSA) is 100 Å². The van der Waals surface area contributed by atoms with Crippen molar-refractivity contribution >= 4 is 28.0 Å². The monoisotopic (exact) mass is 488 g/mol. The smallest absolute Gasteiger partial charge is 0.254 e. The highest BCUT2D eigenvalue weighted by molar-refractivity contribution is 6.00. The lowest BCUT2D eigenvalue weighted by molar-refractivity contribution is 0.0227. The molecule has 1 aliphatic heterocycles. The van der Waals surface area contributed by atoms with Crippen molar-refractivity contribution in [3.63, 3.8) is 0 Å². The van der Waals surface area contributed by atoms with Gasteiger partial charge in [-0.1, -0.05) is 0 Å². The first kappa shape index (κ1) is 23.0. The van der Waals surface area contributed by atoms with Crippen LogP contribution in [-0.2, 0) is 18.3 Å². The molecule has 0 unspecified atom stereocenters. The quantitative estimate of drug-likeness (QED) is 0.447. The van der Waals surface area contributed by atoms with Crippen LogP contribution in [0, 0.1) is 5.92 Å². The summed E-state index contributed by atoms with van der Waals surface area (Å²) in [4.78, 5) is 24.9. The van der Waals surface area contributed by atoms with E-state index in [2.05, 4.69) is 26.3 Å². The number of nitrogens with two attached hydrogens (primary N) is 1. The van der Waals surface area contributed by atoms with Crippen molar-refractivity contribution in [2.75, 3.05) is 27.3 Å². The fraction of sp³-hybridized carbons (Fsp3) is 0.444. The number of likely N-dealkylation sites (tertiary alicyclic amines) is 1. The number of carbonyl (C=O) groups is 1. The molecule has 3 aromatic heterocycles. The van der Waals surface area contributed by atoms with Gasteiger partial charge in [-0.05, 0) is 55.5 Å². The van der Waals surface area contributed by atoms with Crippen molar-refractivity contribution in [3.05, 3.63) is 42.1 Å². The van der Waals surface area contributed by atoms with Crippen LogP contribution in [0.5, 0.6) is 5.75 Å². The van der Waals surface area contributed by atoms with Gasteiger partial charge in [-0.25, -0.2) is 9.97 Å². The molecule has 9 nitrogen and oxygen atoms in total. The molecule has 36 heavy (non-hydrogen) atoms. The summed E-state index contributed by atoms with van der Waals surface area (Å²) in [5.41, 5.74) is 10.4. The largest absolute Gasteiger partial charge is 0.494 e. The Balaban J connectivity index is 1.42. The van der Waals surface area contributed by atoms with Crippen LogP contribution in [0.15, 0.2) is 36.5 Å². The van der Waals surface area contributed by atoms with Gasteiger partial charge in [0.25, 0.3) is 5.91 Å². The first-order valence-electron chi connectivity index (χ1n) is 12.5. The predicted octanol–water partition coefficient (Wildman–Crippen LogP) is 3.20. The summed E-state index contributed by atoms with van der Waals surface area (Å²) in [6, 6.07) is 9.68. The summed E-state index contributed by atoms with van der Waals surface area (Å²) in [6.07, 6.45) is 5.03. The number of hydrogen-bond donors (Lipinski definition) is 1. The zero-order valence-electron chi connectivity index (χ0n) is 21.0. The molecule has 6 rings (SSSR count). The third kappa shape index (κ3) is 3.83. The van der Waals surface area contributed by atoms with E-state index in [1.54, 1.807) is 19.1 Å². The summed E-state index contributed by atoms with van der Waals surface area (Å²) >= 11 is 0. The average Bonchev–Trinajstić information content (AvgIpc) is 3.56. The van der Waals surface area contributed by atoms with Crippen LogP contribution >= 0.6 is 0 Å². The van der Waals surface area contributed by atoms with Gasteiger partial charge in [0.1, 0.15) is 16.9 Å². The number of imidazole rings is 1. The standard InChI is InChI=1S/C27H32N6O3/c1-31-24-20(11-18(13-23(24)36-3)27(34)32-10-8-22(35-2)19(28)15-32)30-26(31)21-12-17-5-4-9-29-25(17)33(21)14-16-6-7-16/h4-5,9,11-13,16,19,22H,6-8,10,14-15,28H2,1-3H3/t19-,22+/m0/s1. The molecular weight excluding hydrogens is 456 g/mol. The van der Waals surface area contributed by atoms with Gasteiger partial charge in [-0.15, -0.1) is 0 Å². The summed E-state index contributed by atoms with van der Waals surface area (Å²) in [6.45, 7) is 1.99. The number of amides is 1. The second kappa shape index (κ2) is 8.90. The predicted molar refractivity (Wildman–Crippen MR) is 138 cm³/mol. The molecule has 0 radical (unpaired) electrons. The van der Waals surface area contributed by atoms with E-state index in [0.29, 0.717) is 30.3 Å². The second-order valence-corrected chi connectivity index (χ2v) is 10.0. The van der Waals surface area contributed by atoms with Gasteiger partial charge >= 0.3 is 0 Å². The molecule has 2 N–H and O–H groups in total. The van der Waals surface area contributed by atoms with E-state index in [-0.39, 0.29) is 18.1 Å². The van der Waals surface area contributed by atoms with Crippen molar-refractivity contribution in [1.29, 1.82) is 0 Å². The van der Waals surface area contributed by atoms with E-state index in [0.717, 1.165) is 46.6 Å². The number of methoxy groups -OCH3 is 2. The van der Waals surface area contributed by atoms with E-state index in [4.69, 9.17) is 20.2 Å². The highest BCUT2D eigenvalue weighted by Gasteiger charge is 2.31. The minimum absolute atomic E-state index is 0.0266. The van der Waals surface area contributed by atoms with Gasteiger partial charge in [-0.3, -0.25) is 4.79 Å². The lowest BCUT2D eigenvalue weighted by atomic mass is 10.0. The van der Waals surface area contributed by atoms with Gasteiger partial charge in [0.05, 0.1) is 24.4 Å². The van der Waals surface area contributed by atoms with E-state index >= 15 is 0 Å². The molecule has 0 spiro atoms. The van der Waals surface area contributed by atoms with Gasteiger partial charge in [0.15, 0.2) is 5.82 Å². The van der Waals surface area contributed by atoms with E-state index in [9.17, 15) is 4.79 Å². The second-order valence-electron chi connectivity index (χ2n) is 10.0. The van der Waals surface area contributed by atoms with Crippen molar-refractivity contribution in [1.82, 2.24) is 24.0 Å². The maximum atomic E-state index is 13.4. The maximum absolute atomic E-state index is 13.4. The SMILES string of the molecule is COc1cc(C(=O)N2CC[C@@H](OC)[C@@H](N)C2)cc2nc(-c3cc4cccnc4n3CC3CC3)n(C)c12. The Morgan fingerprint density at radius 3 is 2.75 bits per heavy atom. The number of rotatable bonds is 6. The zero-order valence-corrected chi connectivity index (χ0v) is 21.0. The highest BCUT2D eigenvalue weighted by atomic mass is 16.5. The third-order valence-corrected chi connectivity index (χ3v) is 7.61. The number of pyridine rings is 1. The molecule has 1 amide bonds. The Kier molecular flexibility index (Phi) is 5.69. The minimum Gasteiger partial charge on any atom is -0.494 e. The Labute approximate surface area is 209 Å². The van der Waals surface area contributed by atoms with E-state index in [1.807, 2.05) is 31.4 Å². The molecule has 4 heterocycles. The van der Waals surface area contributed by atoms with E-state index in [1.165, 1.54) is 12.8 Å². The number of benzene rings is 1. The van der Waals surface area contributed by atoms with Crippen LogP contribution in [0.2, 0.25) is 0 Å². The van der Waals surface area contributed by atoms with Gasteiger partial charge in [-0.2, -0.15) is 0 Å². The summed E-state index contributed by atoms with van der Waals surface area (Å²) in [5.74, 6) is 2.06. The third-order valence-electron chi connectivity index (χ3n) is 7.61. The first-order valence-corrected chi connectivity index (χ1v) is 12.5. The number of piperidine rings is 1. The lowest BCUT2D eigenvalue weighted by Gasteiger charge is -2.36. The van der Waals surface area contributed by atoms with Crippen molar-refractivity contribution in [2.24, 2.45) is 18.7 Å². The molecule has 2 aliphatic rings. The van der Waals surface area contributed by atoms with Gasteiger partial charge in [0, 0.05) is 57.0 Å². The van der Waals surface area contributed by atoms with Crippen LogP contribution < -0.4 is 10.5 Å². The number of hydrogen-bond acceptors (Lipinski definition) is 6. The molecule has 188 valence electrons. The van der Waals surface area contributed by atoms with Crippen LogP contribution in [0.1, 0.15) is 29.6 Å². The fourth-order valence-electron chi connectivity index (χ4n) is 5.45. The molecule has 1 aromatic carbocycles. The molecule has 9 heteroatoms. The number of fused-ring (bicyclic) bond motifs is 2. The molecule has 2 atom stereocenters. The zero-order chi connectivity index (χ0) is 25.0. The number of aromatic nitrogens is 4. The molecule has 4 aromatic rings. The highest BCUT2D eigenvalue weighted by Crippen LogP contribution is 2.37. The summed E-state index contributed by atoms with van der Waals surface area (Å²) in [5, 5.41) is 1.10. The Morgan fingerprint density at radius 1 is 1.19 bits per heavy atom. The van der Waals surface area contributed by atoms with Crippen molar-refractivity contribution in [3.8, 4) is 17.3 Å². The summed E-state index contributed by atoms with van der Waals surface area (Å²) < 4.78 is 15.5. The first-order chi connectivity index (χ1) is 17.5. The van der Waals surface area contributed by atoms with Crippen LogP contribution in [0.25, 0.3) is 33.6 Å². The number of carbonyl (C=O) groups excluding carboxylic acids is 1. The summed E-state index contributed by atoms with van der Waals surface area (Å²) in [7, 11) is 5.29. The number of ether oxygens (including phenoxy) is 2. The van der Waals surface area contributed by atoms with Crippen molar-refractivity contribution < 1.29 is 14.3 Å². The van der Waals surface area contributed by atoms with Crippen LogP contribution in [-0.4, -0.2) is 69.4 Å². The molecule has 2 fully saturated rings. The van der Waals surface area contributed by atoms with Crippen molar-refractivity contribution in [2.45, 2.75) is 38.0 Å². The molecular formula is C27H32N6O3. The van der Waals surface area contributed by atoms with Gasteiger partial charge in [0.2, 0.25) is 0 Å². The Hall–Kier alpha value is -3.43. The number of nitrogens with zero attached hydrogens (tertiary/aromatic N) is 5. The fourth-order valence-corrected chi connectivity index (χ4v) is 5.45. The normalized spacial score (nSPS) is 20.4. The number of aryl methyl sites for hydroxylation is 1. The molecule has 1 aliphatic carbocycles. The molecule has 1 saturated heterocycles. The van der Waals surface area contributed by atoms with E-state index < -0.39 is 0 Å². The maximum Gasteiger partial charge on any atom is 0.254 e. The Morgan fingerprint density at radius 2 is 2.03 bits per heavy atom. The lowest BCUT2D eigenvalue weighted by Crippen LogP contribution is -2.53. The van der Waals surface area contributed by atoms with Crippen LogP contribution in [0.4, 0.5) is 0 Å². The van der Waals surface area contributed by atoms with Gasteiger partial charge < -0.3 is 29.2 Å². The molecule has 1 saturated carbocycles. The van der Waals surface area contributed by atoms with Crippen LogP contribution in [0.3, 0.4) is 0 Å².